The van der Waals surface area contributed by atoms with Crippen LogP contribution in [0.5, 0.6) is 0 Å². The largest absolute Gasteiger partial charge is 0.393 e. The predicted octanol–water partition coefficient (Wildman–Crippen LogP) is 2.03. The minimum atomic E-state index is -0.131. The van der Waals surface area contributed by atoms with Crippen LogP contribution in [0.4, 0.5) is 4.79 Å². The van der Waals surface area contributed by atoms with E-state index in [2.05, 4.69) is 10.6 Å². The second kappa shape index (κ2) is 4.62. The van der Waals surface area contributed by atoms with Crippen molar-refractivity contribution in [2.45, 2.75) is 63.0 Å². The molecule has 0 atom stereocenters. The molecule has 4 bridgehead atoms. The van der Waals surface area contributed by atoms with Gasteiger partial charge in [-0.2, -0.15) is 0 Å². The van der Waals surface area contributed by atoms with Gasteiger partial charge in [-0.15, -0.1) is 0 Å². The van der Waals surface area contributed by atoms with E-state index in [9.17, 15) is 9.90 Å². The molecule has 0 aromatic carbocycles. The van der Waals surface area contributed by atoms with Gasteiger partial charge in [0.2, 0.25) is 0 Å². The van der Waals surface area contributed by atoms with Crippen molar-refractivity contribution in [2.75, 3.05) is 6.54 Å². The lowest BCUT2D eigenvalue weighted by Gasteiger charge is -2.56. The van der Waals surface area contributed by atoms with Crippen LogP contribution in [0.1, 0.15) is 51.4 Å². The number of hydrogen-bond acceptors (Lipinski definition) is 2. The fourth-order valence-corrected chi connectivity index (χ4v) is 5.65. The second-order valence-electron chi connectivity index (χ2n) is 8.02. The summed E-state index contributed by atoms with van der Waals surface area (Å²) in [6.07, 6.45) is 9.38. The Morgan fingerprint density at radius 3 is 2.05 bits per heavy atom. The van der Waals surface area contributed by atoms with Crippen molar-refractivity contribution in [3.63, 3.8) is 0 Å². The van der Waals surface area contributed by atoms with Gasteiger partial charge in [0, 0.05) is 12.1 Å². The third-order valence-electron chi connectivity index (χ3n) is 6.18. The highest BCUT2D eigenvalue weighted by Crippen LogP contribution is 2.55. The Bertz CT molecular complexity index is 368. The summed E-state index contributed by atoms with van der Waals surface area (Å²) < 4.78 is 0. The molecular formula is C16H26N2O2. The molecule has 5 fully saturated rings. The Hall–Kier alpha value is -0.770. The molecule has 2 amide bonds. The number of nitrogens with one attached hydrogen (secondary N) is 2. The molecule has 5 aliphatic carbocycles. The summed E-state index contributed by atoms with van der Waals surface area (Å²) in [6, 6.07) is 0.0216. The fourth-order valence-electron chi connectivity index (χ4n) is 5.65. The fraction of sp³-hybridized carbons (Fsp3) is 0.938. The number of urea groups is 1. The maximum Gasteiger partial charge on any atom is 0.315 e. The van der Waals surface area contributed by atoms with E-state index in [-0.39, 0.29) is 17.7 Å². The number of aliphatic hydroxyl groups excluding tert-OH is 1. The average molecular weight is 278 g/mol. The van der Waals surface area contributed by atoms with Crippen molar-refractivity contribution in [2.24, 2.45) is 23.7 Å². The van der Waals surface area contributed by atoms with Gasteiger partial charge < -0.3 is 15.7 Å². The highest BCUT2D eigenvalue weighted by Gasteiger charge is 2.51. The standard InChI is InChI=1S/C16H26N2O2/c19-14-4-13(5-14)9-17-15(20)18-16-6-10-1-11(7-16)3-12(2-10)8-16/h10-14,19H,1-9H2,(H2,17,18,20). The van der Waals surface area contributed by atoms with Gasteiger partial charge in [0.15, 0.2) is 0 Å². The number of hydrogen-bond donors (Lipinski definition) is 3. The topological polar surface area (TPSA) is 61.4 Å². The van der Waals surface area contributed by atoms with Gasteiger partial charge in [0.1, 0.15) is 0 Å². The van der Waals surface area contributed by atoms with Gasteiger partial charge in [-0.3, -0.25) is 0 Å². The average Bonchev–Trinajstić information content (AvgIpc) is 2.30. The van der Waals surface area contributed by atoms with E-state index in [0.29, 0.717) is 5.92 Å². The first kappa shape index (κ1) is 12.9. The molecule has 5 saturated carbocycles. The Morgan fingerprint density at radius 1 is 1.00 bits per heavy atom. The van der Waals surface area contributed by atoms with E-state index in [1.807, 2.05) is 0 Å². The van der Waals surface area contributed by atoms with Crippen LogP contribution in [-0.2, 0) is 0 Å². The summed E-state index contributed by atoms with van der Waals surface area (Å²) in [7, 11) is 0. The normalized spacial score (nSPS) is 48.8. The molecule has 0 aromatic rings. The molecule has 0 aliphatic heterocycles. The van der Waals surface area contributed by atoms with Gasteiger partial charge >= 0.3 is 6.03 Å². The molecule has 3 N–H and O–H groups in total. The molecular weight excluding hydrogens is 252 g/mol. The third-order valence-corrected chi connectivity index (χ3v) is 6.18. The molecule has 0 aromatic heterocycles. The van der Waals surface area contributed by atoms with E-state index < -0.39 is 0 Å². The number of aliphatic hydroxyl groups is 1. The van der Waals surface area contributed by atoms with Gasteiger partial charge in [-0.1, -0.05) is 0 Å². The van der Waals surface area contributed by atoms with Crippen LogP contribution in [0.3, 0.4) is 0 Å². The quantitative estimate of drug-likeness (QED) is 0.739. The van der Waals surface area contributed by atoms with Crippen molar-refractivity contribution in [3.8, 4) is 0 Å². The number of carbonyl (C=O) groups is 1. The lowest BCUT2D eigenvalue weighted by Crippen LogP contribution is -2.61. The Kier molecular flexibility index (Phi) is 2.99. The van der Waals surface area contributed by atoms with Crippen molar-refractivity contribution in [1.29, 1.82) is 0 Å². The highest BCUT2D eigenvalue weighted by atomic mass is 16.3. The van der Waals surface area contributed by atoms with Crippen molar-refractivity contribution in [3.05, 3.63) is 0 Å². The summed E-state index contributed by atoms with van der Waals surface area (Å²) in [6.45, 7) is 0.718. The minimum Gasteiger partial charge on any atom is -0.393 e. The molecule has 5 aliphatic rings. The molecule has 0 spiro atoms. The first-order valence-corrected chi connectivity index (χ1v) is 8.34. The summed E-state index contributed by atoms with van der Waals surface area (Å²) >= 11 is 0. The van der Waals surface area contributed by atoms with Crippen LogP contribution in [0, 0.1) is 23.7 Å². The minimum absolute atomic E-state index is 0.0216. The molecule has 20 heavy (non-hydrogen) atoms. The zero-order valence-corrected chi connectivity index (χ0v) is 12.1. The number of amides is 2. The molecule has 5 rings (SSSR count). The first-order valence-electron chi connectivity index (χ1n) is 8.34. The Labute approximate surface area is 120 Å². The zero-order chi connectivity index (χ0) is 13.7. The maximum atomic E-state index is 12.2. The van der Waals surface area contributed by atoms with E-state index in [1.54, 1.807) is 0 Å². The van der Waals surface area contributed by atoms with Crippen molar-refractivity contribution < 1.29 is 9.90 Å². The molecule has 0 heterocycles. The second-order valence-corrected chi connectivity index (χ2v) is 8.02. The highest BCUT2D eigenvalue weighted by molar-refractivity contribution is 5.74. The number of rotatable bonds is 3. The summed E-state index contributed by atoms with van der Waals surface area (Å²) in [5, 5.41) is 15.6. The van der Waals surface area contributed by atoms with Crippen LogP contribution in [0.25, 0.3) is 0 Å². The smallest absolute Gasteiger partial charge is 0.315 e. The molecule has 4 heteroatoms. The van der Waals surface area contributed by atoms with E-state index in [4.69, 9.17) is 0 Å². The SMILES string of the molecule is O=C(NCC1CC(O)C1)NC12CC3CC(CC(C3)C1)C2. The molecule has 0 radical (unpaired) electrons. The number of carbonyl (C=O) groups excluding carboxylic acids is 1. The molecule has 112 valence electrons. The summed E-state index contributed by atoms with van der Waals surface area (Å²) in [5.41, 5.74) is 0.109. The van der Waals surface area contributed by atoms with Crippen LogP contribution in [0.2, 0.25) is 0 Å². The van der Waals surface area contributed by atoms with E-state index >= 15 is 0 Å². The molecule has 0 saturated heterocycles. The summed E-state index contributed by atoms with van der Waals surface area (Å²) in [5.74, 6) is 3.07. The van der Waals surface area contributed by atoms with Gasteiger partial charge in [-0.05, 0) is 75.0 Å². The van der Waals surface area contributed by atoms with E-state index in [1.165, 1.54) is 38.5 Å². The predicted molar refractivity (Wildman–Crippen MR) is 76.2 cm³/mol. The van der Waals surface area contributed by atoms with Gasteiger partial charge in [0.05, 0.1) is 6.10 Å². The van der Waals surface area contributed by atoms with Crippen LogP contribution < -0.4 is 10.6 Å². The van der Waals surface area contributed by atoms with Gasteiger partial charge in [0.25, 0.3) is 0 Å². The Balaban J connectivity index is 1.31. The maximum absolute atomic E-state index is 12.2. The van der Waals surface area contributed by atoms with Crippen LogP contribution in [0.15, 0.2) is 0 Å². The lowest BCUT2D eigenvalue weighted by molar-refractivity contribution is -0.0138. The van der Waals surface area contributed by atoms with Crippen molar-refractivity contribution >= 4 is 6.03 Å². The lowest BCUT2D eigenvalue weighted by atomic mass is 9.53. The molecule has 4 nitrogen and oxygen atoms in total. The van der Waals surface area contributed by atoms with Crippen LogP contribution >= 0.6 is 0 Å². The zero-order valence-electron chi connectivity index (χ0n) is 12.1. The monoisotopic (exact) mass is 278 g/mol. The van der Waals surface area contributed by atoms with Crippen molar-refractivity contribution in [1.82, 2.24) is 10.6 Å². The van der Waals surface area contributed by atoms with Gasteiger partial charge in [-0.25, -0.2) is 4.79 Å². The van der Waals surface area contributed by atoms with Crippen LogP contribution in [-0.4, -0.2) is 29.3 Å². The summed E-state index contributed by atoms with van der Waals surface area (Å²) in [4.78, 5) is 12.2. The molecule has 0 unspecified atom stereocenters. The third kappa shape index (κ3) is 2.32. The van der Waals surface area contributed by atoms with E-state index in [0.717, 1.165) is 37.1 Å². The first-order chi connectivity index (χ1) is 9.60. The Morgan fingerprint density at radius 2 is 1.55 bits per heavy atom.